The molecule has 0 spiro atoms. The largest absolute Gasteiger partial charge is 0.338 e. The summed E-state index contributed by atoms with van der Waals surface area (Å²) in [5.41, 5.74) is 1.12. The Morgan fingerprint density at radius 3 is 2.68 bits per heavy atom. The van der Waals surface area contributed by atoms with E-state index in [2.05, 4.69) is 29.3 Å². The Morgan fingerprint density at radius 2 is 2.00 bits per heavy atom. The smallest absolute Gasteiger partial charge is 0.240 e. The minimum absolute atomic E-state index is 0.608. The highest BCUT2D eigenvalue weighted by Gasteiger charge is 2.07. The Morgan fingerprint density at radius 1 is 1.26 bits per heavy atom. The zero-order valence-electron chi connectivity index (χ0n) is 11.2. The van der Waals surface area contributed by atoms with Crippen LogP contribution in [0.15, 0.2) is 28.8 Å². The van der Waals surface area contributed by atoms with Gasteiger partial charge in [0.2, 0.25) is 5.89 Å². The quantitative estimate of drug-likeness (QED) is 0.883. The summed E-state index contributed by atoms with van der Waals surface area (Å²) in [5, 5.41) is 7.98. The molecule has 0 saturated heterocycles. The fourth-order valence-corrected chi connectivity index (χ4v) is 1.81. The molecule has 0 aliphatic heterocycles. The third-order valence-electron chi connectivity index (χ3n) is 2.61. The number of nitrogens with zero attached hydrogens (tertiary/aromatic N) is 2. The predicted molar refractivity (Wildman–Crippen MR) is 75.1 cm³/mol. The first-order chi connectivity index (χ1) is 9.13. The topological polar surface area (TPSA) is 51.0 Å². The molecule has 1 heterocycles. The zero-order valence-corrected chi connectivity index (χ0v) is 11.9. The van der Waals surface area contributed by atoms with Crippen molar-refractivity contribution in [2.45, 2.75) is 26.8 Å². The summed E-state index contributed by atoms with van der Waals surface area (Å²) in [7, 11) is 0. The molecule has 0 radical (unpaired) electrons. The van der Waals surface area contributed by atoms with E-state index in [4.69, 9.17) is 16.1 Å². The summed E-state index contributed by atoms with van der Waals surface area (Å²) in [5.74, 6) is 1.93. The maximum Gasteiger partial charge on any atom is 0.240 e. The number of aromatic nitrogens is 2. The number of benzene rings is 1. The van der Waals surface area contributed by atoms with Gasteiger partial charge in [-0.3, -0.25) is 0 Å². The molecule has 2 rings (SSSR count). The van der Waals surface area contributed by atoms with E-state index in [0.717, 1.165) is 17.1 Å². The molecule has 0 fully saturated rings. The van der Waals surface area contributed by atoms with Crippen LogP contribution in [-0.2, 0) is 13.0 Å². The van der Waals surface area contributed by atoms with E-state index in [1.54, 1.807) is 0 Å². The second-order valence-electron chi connectivity index (χ2n) is 4.93. The maximum atomic E-state index is 5.84. The molecule has 102 valence electrons. The van der Waals surface area contributed by atoms with Gasteiger partial charge in [0.05, 0.1) is 6.54 Å². The van der Waals surface area contributed by atoms with E-state index in [9.17, 15) is 0 Å². The molecular formula is C14H18ClN3O. The maximum absolute atomic E-state index is 5.84. The highest BCUT2D eigenvalue weighted by molar-refractivity contribution is 6.30. The minimum atomic E-state index is 0.608. The van der Waals surface area contributed by atoms with Gasteiger partial charge in [-0.25, -0.2) is 0 Å². The SMILES string of the molecule is CC(C)CNCc1nc(Cc2ccc(Cl)cc2)no1. The molecule has 0 saturated carbocycles. The molecular weight excluding hydrogens is 262 g/mol. The van der Waals surface area contributed by atoms with Gasteiger partial charge < -0.3 is 9.84 Å². The van der Waals surface area contributed by atoms with Crippen molar-refractivity contribution in [2.24, 2.45) is 5.92 Å². The fraction of sp³-hybridized carbons (Fsp3) is 0.429. The van der Waals surface area contributed by atoms with Crippen LogP contribution in [0.5, 0.6) is 0 Å². The van der Waals surface area contributed by atoms with Gasteiger partial charge in [0.15, 0.2) is 5.82 Å². The van der Waals surface area contributed by atoms with Crippen LogP contribution in [0, 0.1) is 5.92 Å². The Bertz CT molecular complexity index is 508. The Labute approximate surface area is 118 Å². The molecule has 0 atom stereocenters. The standard InChI is InChI=1S/C14H18ClN3O/c1-10(2)8-16-9-14-17-13(18-19-14)7-11-3-5-12(15)6-4-11/h3-6,10,16H,7-9H2,1-2H3. The third kappa shape index (κ3) is 4.65. The summed E-state index contributed by atoms with van der Waals surface area (Å²) < 4.78 is 5.19. The molecule has 19 heavy (non-hydrogen) atoms. The number of hydrogen-bond acceptors (Lipinski definition) is 4. The highest BCUT2D eigenvalue weighted by atomic mass is 35.5. The molecule has 5 heteroatoms. The normalized spacial score (nSPS) is 11.2. The summed E-state index contributed by atoms with van der Waals surface area (Å²) in [6, 6.07) is 7.66. The first-order valence-electron chi connectivity index (χ1n) is 6.40. The van der Waals surface area contributed by atoms with Gasteiger partial charge in [-0.1, -0.05) is 42.7 Å². The highest BCUT2D eigenvalue weighted by Crippen LogP contribution is 2.12. The molecule has 1 aromatic heterocycles. The van der Waals surface area contributed by atoms with E-state index < -0.39 is 0 Å². The van der Waals surface area contributed by atoms with E-state index >= 15 is 0 Å². The summed E-state index contributed by atoms with van der Waals surface area (Å²) in [4.78, 5) is 4.35. The lowest BCUT2D eigenvalue weighted by molar-refractivity contribution is 0.360. The molecule has 2 aromatic rings. The van der Waals surface area contributed by atoms with Crippen LogP contribution in [0.25, 0.3) is 0 Å². The van der Waals surface area contributed by atoms with E-state index in [1.807, 2.05) is 24.3 Å². The first-order valence-corrected chi connectivity index (χ1v) is 6.78. The average molecular weight is 280 g/mol. The van der Waals surface area contributed by atoms with Crippen LogP contribution < -0.4 is 5.32 Å². The summed E-state index contributed by atoms with van der Waals surface area (Å²) in [6.07, 6.45) is 0.658. The molecule has 0 bridgehead atoms. The first kappa shape index (κ1) is 14.0. The molecule has 0 aliphatic carbocycles. The van der Waals surface area contributed by atoms with Gasteiger partial charge >= 0.3 is 0 Å². The van der Waals surface area contributed by atoms with Crippen molar-refractivity contribution in [1.82, 2.24) is 15.5 Å². The van der Waals surface area contributed by atoms with Gasteiger partial charge in [-0.2, -0.15) is 4.98 Å². The van der Waals surface area contributed by atoms with Crippen molar-refractivity contribution >= 4 is 11.6 Å². The number of halogens is 1. The van der Waals surface area contributed by atoms with Crippen LogP contribution in [0.2, 0.25) is 5.02 Å². The Kier molecular flexibility index (Phi) is 4.93. The van der Waals surface area contributed by atoms with Gasteiger partial charge in [0.25, 0.3) is 0 Å². The van der Waals surface area contributed by atoms with Crippen LogP contribution in [-0.4, -0.2) is 16.7 Å². The molecule has 1 aromatic carbocycles. The van der Waals surface area contributed by atoms with Gasteiger partial charge in [-0.05, 0) is 30.2 Å². The monoisotopic (exact) mass is 279 g/mol. The van der Waals surface area contributed by atoms with E-state index in [-0.39, 0.29) is 0 Å². The number of rotatable bonds is 6. The van der Waals surface area contributed by atoms with Gasteiger partial charge in [0, 0.05) is 11.4 Å². The van der Waals surface area contributed by atoms with Crippen molar-refractivity contribution in [3.05, 3.63) is 46.6 Å². The van der Waals surface area contributed by atoms with E-state index in [0.29, 0.717) is 30.6 Å². The second kappa shape index (κ2) is 6.68. The van der Waals surface area contributed by atoms with Gasteiger partial charge in [0.1, 0.15) is 0 Å². The molecule has 0 unspecified atom stereocenters. The Balaban J connectivity index is 1.88. The summed E-state index contributed by atoms with van der Waals surface area (Å²) in [6.45, 7) is 5.88. The molecule has 4 nitrogen and oxygen atoms in total. The molecule has 1 N–H and O–H groups in total. The van der Waals surface area contributed by atoms with Crippen molar-refractivity contribution in [3.8, 4) is 0 Å². The number of nitrogens with one attached hydrogen (secondary N) is 1. The number of hydrogen-bond donors (Lipinski definition) is 1. The van der Waals surface area contributed by atoms with Crippen LogP contribution >= 0.6 is 11.6 Å². The van der Waals surface area contributed by atoms with Crippen molar-refractivity contribution in [3.63, 3.8) is 0 Å². The minimum Gasteiger partial charge on any atom is -0.338 e. The molecule has 0 aliphatic rings. The average Bonchev–Trinajstić information content (AvgIpc) is 2.79. The summed E-state index contributed by atoms with van der Waals surface area (Å²) >= 11 is 5.84. The zero-order chi connectivity index (χ0) is 13.7. The van der Waals surface area contributed by atoms with Crippen molar-refractivity contribution in [1.29, 1.82) is 0 Å². The molecule has 0 amide bonds. The van der Waals surface area contributed by atoms with Gasteiger partial charge in [-0.15, -0.1) is 0 Å². The lowest BCUT2D eigenvalue weighted by Gasteiger charge is -2.03. The van der Waals surface area contributed by atoms with Crippen molar-refractivity contribution in [2.75, 3.05) is 6.54 Å². The van der Waals surface area contributed by atoms with Crippen LogP contribution in [0.1, 0.15) is 31.1 Å². The lowest BCUT2D eigenvalue weighted by Crippen LogP contribution is -2.19. The van der Waals surface area contributed by atoms with Crippen LogP contribution in [0.4, 0.5) is 0 Å². The van der Waals surface area contributed by atoms with Crippen molar-refractivity contribution < 1.29 is 4.52 Å². The van der Waals surface area contributed by atoms with Crippen LogP contribution in [0.3, 0.4) is 0 Å². The Hall–Kier alpha value is -1.39. The lowest BCUT2D eigenvalue weighted by atomic mass is 10.1. The predicted octanol–water partition coefficient (Wildman–Crippen LogP) is 3.06. The second-order valence-corrected chi connectivity index (χ2v) is 5.37. The van der Waals surface area contributed by atoms with E-state index in [1.165, 1.54) is 0 Å². The fourth-order valence-electron chi connectivity index (χ4n) is 1.69. The third-order valence-corrected chi connectivity index (χ3v) is 2.87.